The summed E-state index contributed by atoms with van der Waals surface area (Å²) < 4.78 is 18.4. The normalized spacial score (nSPS) is 10.6. The van der Waals surface area contributed by atoms with Crippen LogP contribution >= 0.6 is 0 Å². The number of aryl methyl sites for hydroxylation is 2. The average Bonchev–Trinajstić information content (AvgIpc) is 2.81. The Morgan fingerprint density at radius 1 is 1.47 bits per heavy atom. The first-order valence-corrected chi connectivity index (χ1v) is 5.87. The van der Waals surface area contributed by atoms with Gasteiger partial charge in [-0.1, -0.05) is 17.3 Å². The predicted octanol–water partition coefficient (Wildman–Crippen LogP) is 2.59. The minimum absolute atomic E-state index is 0.0525. The van der Waals surface area contributed by atoms with Crippen molar-refractivity contribution in [1.82, 2.24) is 10.1 Å². The molecule has 0 aliphatic rings. The summed E-state index contributed by atoms with van der Waals surface area (Å²) in [4.78, 5) is 14.5. The number of carboxylic acid groups (broad SMARTS) is 1. The summed E-state index contributed by atoms with van der Waals surface area (Å²) in [5.74, 6) is -0.517. The Kier molecular flexibility index (Phi) is 3.89. The molecule has 1 N–H and O–H groups in total. The Balaban J connectivity index is 2.07. The quantitative estimate of drug-likeness (QED) is 0.898. The number of halogens is 1. The molecule has 1 aromatic carbocycles. The van der Waals surface area contributed by atoms with Crippen molar-refractivity contribution in [3.63, 3.8) is 0 Å². The van der Waals surface area contributed by atoms with E-state index in [0.29, 0.717) is 35.7 Å². The molecular formula is C13H13FN2O3. The van der Waals surface area contributed by atoms with Gasteiger partial charge in [0.15, 0.2) is 0 Å². The fourth-order valence-electron chi connectivity index (χ4n) is 1.60. The molecule has 6 heteroatoms. The number of hydrogen-bond donors (Lipinski definition) is 1. The molecule has 0 bridgehead atoms. The third-order valence-electron chi connectivity index (χ3n) is 2.68. The van der Waals surface area contributed by atoms with Crippen molar-refractivity contribution in [2.75, 3.05) is 0 Å². The van der Waals surface area contributed by atoms with Crippen molar-refractivity contribution in [3.8, 4) is 11.4 Å². The van der Waals surface area contributed by atoms with Gasteiger partial charge in [0, 0.05) is 18.4 Å². The van der Waals surface area contributed by atoms with Crippen molar-refractivity contribution in [2.45, 2.75) is 26.2 Å². The van der Waals surface area contributed by atoms with Crippen LogP contribution in [0.25, 0.3) is 11.4 Å². The zero-order chi connectivity index (χ0) is 13.8. The SMILES string of the molecule is Cc1ccc(-c2noc(CCCC(=O)O)n2)cc1F. The number of rotatable bonds is 5. The largest absolute Gasteiger partial charge is 0.481 e. The molecule has 1 aromatic heterocycles. The molecule has 5 nitrogen and oxygen atoms in total. The van der Waals surface area contributed by atoms with E-state index in [9.17, 15) is 9.18 Å². The first-order valence-electron chi connectivity index (χ1n) is 5.87. The van der Waals surface area contributed by atoms with Crippen LogP contribution in [0.15, 0.2) is 22.7 Å². The lowest BCUT2D eigenvalue weighted by molar-refractivity contribution is -0.137. The van der Waals surface area contributed by atoms with E-state index in [-0.39, 0.29) is 12.2 Å². The average molecular weight is 264 g/mol. The van der Waals surface area contributed by atoms with E-state index in [0.717, 1.165) is 0 Å². The maximum atomic E-state index is 13.4. The van der Waals surface area contributed by atoms with E-state index in [1.165, 1.54) is 6.07 Å². The summed E-state index contributed by atoms with van der Waals surface area (Å²) in [6.07, 6.45) is 0.879. The van der Waals surface area contributed by atoms with Gasteiger partial charge >= 0.3 is 5.97 Å². The van der Waals surface area contributed by atoms with E-state index in [2.05, 4.69) is 10.1 Å². The van der Waals surface area contributed by atoms with Gasteiger partial charge in [0.2, 0.25) is 11.7 Å². The molecule has 0 atom stereocenters. The smallest absolute Gasteiger partial charge is 0.303 e. The molecule has 0 unspecified atom stereocenters. The molecule has 0 radical (unpaired) electrons. The highest BCUT2D eigenvalue weighted by Gasteiger charge is 2.10. The molecule has 0 amide bonds. The number of aromatic nitrogens is 2. The van der Waals surface area contributed by atoms with E-state index in [1.54, 1.807) is 19.1 Å². The Labute approximate surface area is 109 Å². The Morgan fingerprint density at radius 2 is 2.26 bits per heavy atom. The summed E-state index contributed by atoms with van der Waals surface area (Å²) in [6, 6.07) is 4.70. The van der Waals surface area contributed by atoms with Gasteiger partial charge in [0.25, 0.3) is 0 Å². The zero-order valence-electron chi connectivity index (χ0n) is 10.4. The number of nitrogens with zero attached hydrogens (tertiary/aromatic N) is 2. The van der Waals surface area contributed by atoms with Gasteiger partial charge in [-0.25, -0.2) is 4.39 Å². The van der Waals surface area contributed by atoms with Gasteiger partial charge in [0.05, 0.1) is 0 Å². The third kappa shape index (κ3) is 3.37. The highest BCUT2D eigenvalue weighted by Crippen LogP contribution is 2.19. The second-order valence-corrected chi connectivity index (χ2v) is 4.22. The molecule has 19 heavy (non-hydrogen) atoms. The van der Waals surface area contributed by atoms with Crippen molar-refractivity contribution in [2.24, 2.45) is 0 Å². The van der Waals surface area contributed by atoms with E-state index in [4.69, 9.17) is 9.63 Å². The van der Waals surface area contributed by atoms with Crippen LogP contribution in [0.4, 0.5) is 4.39 Å². The predicted molar refractivity (Wildman–Crippen MR) is 65.0 cm³/mol. The van der Waals surface area contributed by atoms with Crippen LogP contribution in [-0.2, 0) is 11.2 Å². The van der Waals surface area contributed by atoms with Gasteiger partial charge in [0.1, 0.15) is 5.82 Å². The summed E-state index contributed by atoms with van der Waals surface area (Å²) in [5, 5.41) is 12.3. The molecule has 0 saturated carbocycles. The fraction of sp³-hybridized carbons (Fsp3) is 0.308. The lowest BCUT2D eigenvalue weighted by atomic mass is 10.1. The first-order chi connectivity index (χ1) is 9.06. The van der Waals surface area contributed by atoms with E-state index in [1.807, 2.05) is 0 Å². The van der Waals surface area contributed by atoms with E-state index < -0.39 is 5.97 Å². The molecule has 100 valence electrons. The highest BCUT2D eigenvalue weighted by molar-refractivity contribution is 5.66. The summed E-state index contributed by atoms with van der Waals surface area (Å²) in [7, 11) is 0. The molecule has 0 saturated heterocycles. The highest BCUT2D eigenvalue weighted by atomic mass is 19.1. The van der Waals surface area contributed by atoms with Gasteiger partial charge in [-0.3, -0.25) is 4.79 Å². The minimum Gasteiger partial charge on any atom is -0.481 e. The number of carboxylic acids is 1. The first kappa shape index (κ1) is 13.2. The maximum absolute atomic E-state index is 13.4. The molecule has 1 heterocycles. The van der Waals surface area contributed by atoms with Crippen LogP contribution in [0.2, 0.25) is 0 Å². The summed E-state index contributed by atoms with van der Waals surface area (Å²) >= 11 is 0. The van der Waals surface area contributed by atoms with Crippen LogP contribution in [-0.4, -0.2) is 21.2 Å². The van der Waals surface area contributed by atoms with Crippen molar-refractivity contribution in [1.29, 1.82) is 0 Å². The van der Waals surface area contributed by atoms with Gasteiger partial charge in [-0.2, -0.15) is 4.98 Å². The van der Waals surface area contributed by atoms with Crippen molar-refractivity contribution < 1.29 is 18.8 Å². The number of carbonyl (C=O) groups is 1. The van der Waals surface area contributed by atoms with Crippen LogP contribution in [0.3, 0.4) is 0 Å². The third-order valence-corrected chi connectivity index (χ3v) is 2.68. The lowest BCUT2D eigenvalue weighted by Gasteiger charge is -1.97. The molecule has 0 aliphatic heterocycles. The summed E-state index contributed by atoms with van der Waals surface area (Å²) in [5.41, 5.74) is 1.09. The topological polar surface area (TPSA) is 76.2 Å². The van der Waals surface area contributed by atoms with Crippen molar-refractivity contribution in [3.05, 3.63) is 35.5 Å². The molecule has 2 rings (SSSR count). The second kappa shape index (κ2) is 5.60. The number of aliphatic carboxylic acids is 1. The maximum Gasteiger partial charge on any atom is 0.303 e. The van der Waals surface area contributed by atoms with Gasteiger partial charge in [-0.15, -0.1) is 0 Å². The zero-order valence-corrected chi connectivity index (χ0v) is 10.4. The molecule has 2 aromatic rings. The Bertz CT molecular complexity index is 595. The van der Waals surface area contributed by atoms with E-state index >= 15 is 0 Å². The standard InChI is InChI=1S/C13H13FN2O3/c1-8-5-6-9(7-10(8)14)13-15-11(19-16-13)3-2-4-12(17)18/h5-7H,2-4H2,1H3,(H,17,18). The monoisotopic (exact) mass is 264 g/mol. The number of hydrogen-bond acceptors (Lipinski definition) is 4. The fourth-order valence-corrected chi connectivity index (χ4v) is 1.60. The Morgan fingerprint density at radius 3 is 2.95 bits per heavy atom. The van der Waals surface area contributed by atoms with Gasteiger partial charge < -0.3 is 9.63 Å². The van der Waals surface area contributed by atoms with Crippen LogP contribution in [0.1, 0.15) is 24.3 Å². The molecule has 0 spiro atoms. The Hall–Kier alpha value is -2.24. The van der Waals surface area contributed by atoms with Crippen LogP contribution < -0.4 is 0 Å². The lowest BCUT2D eigenvalue weighted by Crippen LogP contribution is -1.96. The van der Waals surface area contributed by atoms with Crippen LogP contribution in [0, 0.1) is 12.7 Å². The molecule has 0 fully saturated rings. The van der Waals surface area contributed by atoms with Crippen molar-refractivity contribution >= 4 is 5.97 Å². The molecular weight excluding hydrogens is 251 g/mol. The van der Waals surface area contributed by atoms with Gasteiger partial charge in [-0.05, 0) is 25.0 Å². The minimum atomic E-state index is -0.861. The number of benzene rings is 1. The summed E-state index contributed by atoms with van der Waals surface area (Å²) in [6.45, 7) is 1.67. The molecule has 0 aliphatic carbocycles. The van der Waals surface area contributed by atoms with Crippen LogP contribution in [0.5, 0.6) is 0 Å². The second-order valence-electron chi connectivity index (χ2n) is 4.22.